The Balaban J connectivity index is 1.97. The van der Waals surface area contributed by atoms with E-state index in [1.807, 2.05) is 0 Å². The van der Waals surface area contributed by atoms with Crippen molar-refractivity contribution in [2.45, 2.75) is 12.7 Å². The Morgan fingerprint density at radius 2 is 2.29 bits per heavy atom. The molecule has 3 nitrogen and oxygen atoms in total. The Labute approximate surface area is 82.8 Å². The van der Waals surface area contributed by atoms with Crippen molar-refractivity contribution in [1.82, 2.24) is 5.32 Å². The maximum absolute atomic E-state index is 5.71. The van der Waals surface area contributed by atoms with Crippen molar-refractivity contribution >= 4 is 5.84 Å². The minimum absolute atomic E-state index is 0.0497. The number of benzene rings is 1. The highest BCUT2D eigenvalue weighted by Gasteiger charge is 2.28. The minimum Gasteiger partial charge on any atom is -0.369 e. The van der Waals surface area contributed by atoms with Crippen molar-refractivity contribution in [3.8, 4) is 0 Å². The quantitative estimate of drug-likeness (QED) is 0.719. The Bertz CT molecular complexity index is 387. The molecule has 0 saturated carbocycles. The van der Waals surface area contributed by atoms with Crippen molar-refractivity contribution < 1.29 is 4.74 Å². The SMILES string of the molecule is c1ccc2c(c1)COC2C1=NCCN1. The van der Waals surface area contributed by atoms with Crippen molar-refractivity contribution in [2.24, 2.45) is 4.99 Å². The smallest absolute Gasteiger partial charge is 0.140 e. The zero-order valence-corrected chi connectivity index (χ0v) is 7.86. The number of nitrogens with zero attached hydrogens (tertiary/aromatic N) is 1. The van der Waals surface area contributed by atoms with E-state index in [0.29, 0.717) is 6.61 Å². The van der Waals surface area contributed by atoms with Crippen molar-refractivity contribution in [1.29, 1.82) is 0 Å². The van der Waals surface area contributed by atoms with Gasteiger partial charge < -0.3 is 10.1 Å². The van der Waals surface area contributed by atoms with Gasteiger partial charge in [0, 0.05) is 6.54 Å². The third kappa shape index (κ3) is 1.13. The highest BCUT2D eigenvalue weighted by Crippen LogP contribution is 2.31. The van der Waals surface area contributed by atoms with E-state index in [0.717, 1.165) is 18.9 Å². The molecule has 1 aromatic rings. The molecule has 0 aliphatic carbocycles. The van der Waals surface area contributed by atoms with Crippen LogP contribution in [-0.2, 0) is 11.3 Å². The molecule has 0 bridgehead atoms. The number of rotatable bonds is 1. The largest absolute Gasteiger partial charge is 0.369 e. The standard InChI is InChI=1S/C11H12N2O/c1-2-4-9-8(3-1)7-14-10(9)11-12-5-6-13-11/h1-4,10H,5-7H2,(H,12,13). The molecule has 0 fully saturated rings. The number of fused-ring (bicyclic) bond motifs is 1. The third-order valence-corrected chi connectivity index (χ3v) is 2.69. The molecule has 0 aromatic heterocycles. The highest BCUT2D eigenvalue weighted by molar-refractivity contribution is 5.89. The fourth-order valence-electron chi connectivity index (χ4n) is 2.00. The van der Waals surface area contributed by atoms with Crippen LogP contribution in [0.4, 0.5) is 0 Å². The maximum atomic E-state index is 5.71. The first-order chi connectivity index (χ1) is 6.95. The third-order valence-electron chi connectivity index (χ3n) is 2.69. The zero-order chi connectivity index (χ0) is 9.38. The molecule has 0 saturated heterocycles. The number of ether oxygens (including phenoxy) is 1. The summed E-state index contributed by atoms with van der Waals surface area (Å²) in [5.74, 6) is 0.995. The van der Waals surface area contributed by atoms with Crippen LogP contribution >= 0.6 is 0 Å². The summed E-state index contributed by atoms with van der Waals surface area (Å²) in [6.45, 7) is 2.52. The monoisotopic (exact) mass is 188 g/mol. The molecular weight excluding hydrogens is 176 g/mol. The Morgan fingerprint density at radius 3 is 3.14 bits per heavy atom. The molecule has 72 valence electrons. The highest BCUT2D eigenvalue weighted by atomic mass is 16.5. The fraction of sp³-hybridized carbons (Fsp3) is 0.364. The average Bonchev–Trinajstić information content (AvgIpc) is 2.85. The summed E-state index contributed by atoms with van der Waals surface area (Å²) in [5.41, 5.74) is 2.55. The molecule has 3 rings (SSSR count). The molecule has 2 aliphatic heterocycles. The molecule has 3 heteroatoms. The van der Waals surface area contributed by atoms with Gasteiger partial charge in [0.1, 0.15) is 11.9 Å². The second-order valence-corrected chi connectivity index (χ2v) is 3.58. The predicted molar refractivity (Wildman–Crippen MR) is 54.3 cm³/mol. The van der Waals surface area contributed by atoms with E-state index in [4.69, 9.17) is 4.74 Å². The van der Waals surface area contributed by atoms with E-state index in [9.17, 15) is 0 Å². The lowest BCUT2D eigenvalue weighted by Crippen LogP contribution is -2.25. The molecule has 1 N–H and O–H groups in total. The van der Waals surface area contributed by atoms with Gasteiger partial charge in [0.05, 0.1) is 13.2 Å². The maximum Gasteiger partial charge on any atom is 0.140 e. The Morgan fingerprint density at radius 1 is 1.36 bits per heavy atom. The van der Waals surface area contributed by atoms with E-state index < -0.39 is 0 Å². The summed E-state index contributed by atoms with van der Waals surface area (Å²) in [6, 6.07) is 8.34. The van der Waals surface area contributed by atoms with Gasteiger partial charge in [-0.3, -0.25) is 4.99 Å². The van der Waals surface area contributed by atoms with Gasteiger partial charge in [-0.2, -0.15) is 0 Å². The lowest BCUT2D eigenvalue weighted by molar-refractivity contribution is 0.110. The molecule has 1 aromatic carbocycles. The number of hydrogen-bond donors (Lipinski definition) is 1. The summed E-state index contributed by atoms with van der Waals surface area (Å²) in [4.78, 5) is 4.40. The molecular formula is C11H12N2O. The summed E-state index contributed by atoms with van der Waals surface area (Å²) >= 11 is 0. The second-order valence-electron chi connectivity index (χ2n) is 3.58. The van der Waals surface area contributed by atoms with Crippen LogP contribution in [0.1, 0.15) is 17.2 Å². The van der Waals surface area contributed by atoms with E-state index >= 15 is 0 Å². The van der Waals surface area contributed by atoms with Gasteiger partial charge in [0.2, 0.25) is 0 Å². The van der Waals surface area contributed by atoms with Crippen molar-refractivity contribution in [3.05, 3.63) is 35.4 Å². The average molecular weight is 188 g/mol. The lowest BCUT2D eigenvalue weighted by atomic mass is 10.1. The van der Waals surface area contributed by atoms with Gasteiger partial charge in [0.25, 0.3) is 0 Å². The molecule has 0 amide bonds. The first kappa shape index (κ1) is 8.00. The lowest BCUT2D eigenvalue weighted by Gasteiger charge is -2.11. The van der Waals surface area contributed by atoms with E-state index in [1.54, 1.807) is 0 Å². The van der Waals surface area contributed by atoms with Crippen LogP contribution in [0.2, 0.25) is 0 Å². The van der Waals surface area contributed by atoms with Crippen LogP contribution in [0.3, 0.4) is 0 Å². The van der Waals surface area contributed by atoms with Gasteiger partial charge in [-0.1, -0.05) is 24.3 Å². The van der Waals surface area contributed by atoms with Crippen LogP contribution in [0.5, 0.6) is 0 Å². The van der Waals surface area contributed by atoms with Crippen LogP contribution < -0.4 is 5.32 Å². The van der Waals surface area contributed by atoms with Crippen molar-refractivity contribution in [2.75, 3.05) is 13.1 Å². The molecule has 2 aliphatic rings. The normalized spacial score (nSPS) is 24.3. The van der Waals surface area contributed by atoms with Gasteiger partial charge >= 0.3 is 0 Å². The fourth-order valence-corrected chi connectivity index (χ4v) is 2.00. The van der Waals surface area contributed by atoms with Gasteiger partial charge in [-0.25, -0.2) is 0 Å². The van der Waals surface area contributed by atoms with E-state index in [2.05, 4.69) is 34.6 Å². The predicted octanol–water partition coefficient (Wildman–Crippen LogP) is 1.26. The molecule has 1 atom stereocenters. The van der Waals surface area contributed by atoms with Crippen LogP contribution in [0.25, 0.3) is 0 Å². The zero-order valence-electron chi connectivity index (χ0n) is 7.86. The van der Waals surface area contributed by atoms with Crippen LogP contribution in [0, 0.1) is 0 Å². The van der Waals surface area contributed by atoms with Gasteiger partial charge in [0.15, 0.2) is 0 Å². The van der Waals surface area contributed by atoms with Crippen LogP contribution in [-0.4, -0.2) is 18.9 Å². The number of amidine groups is 1. The first-order valence-corrected chi connectivity index (χ1v) is 4.93. The minimum atomic E-state index is 0.0497. The summed E-state index contributed by atoms with van der Waals surface area (Å²) in [6.07, 6.45) is 0.0497. The van der Waals surface area contributed by atoms with E-state index in [-0.39, 0.29) is 6.10 Å². The Hall–Kier alpha value is -1.35. The summed E-state index contributed by atoms with van der Waals surface area (Å²) < 4.78 is 5.71. The molecule has 14 heavy (non-hydrogen) atoms. The number of hydrogen-bond acceptors (Lipinski definition) is 3. The number of aliphatic imine (C=N–C) groups is 1. The summed E-state index contributed by atoms with van der Waals surface area (Å²) in [5, 5.41) is 3.26. The van der Waals surface area contributed by atoms with E-state index in [1.165, 1.54) is 11.1 Å². The van der Waals surface area contributed by atoms with Gasteiger partial charge in [-0.15, -0.1) is 0 Å². The summed E-state index contributed by atoms with van der Waals surface area (Å²) in [7, 11) is 0. The second kappa shape index (κ2) is 3.10. The molecule has 2 heterocycles. The number of nitrogens with one attached hydrogen (secondary N) is 1. The Kier molecular flexibility index (Phi) is 1.77. The molecule has 0 radical (unpaired) electrons. The molecule has 1 unspecified atom stereocenters. The van der Waals surface area contributed by atoms with Crippen molar-refractivity contribution in [3.63, 3.8) is 0 Å². The topological polar surface area (TPSA) is 33.6 Å². The van der Waals surface area contributed by atoms with Crippen LogP contribution in [0.15, 0.2) is 29.3 Å². The van der Waals surface area contributed by atoms with Gasteiger partial charge in [-0.05, 0) is 11.1 Å². The first-order valence-electron chi connectivity index (χ1n) is 4.93. The molecule has 0 spiro atoms.